The molecule has 4 aliphatic rings. The van der Waals surface area contributed by atoms with Crippen molar-refractivity contribution < 1.29 is 0 Å². The van der Waals surface area contributed by atoms with Gasteiger partial charge in [-0.2, -0.15) is 0 Å². The molecule has 9 atom stereocenters. The third kappa shape index (κ3) is 17.7. The first-order chi connectivity index (χ1) is 28.1. The fraction of sp³-hybridized carbons (Fsp3) is 0.862. The average molecular weight is 803 g/mol. The van der Waals surface area contributed by atoms with Crippen LogP contribution in [0.2, 0.25) is 0 Å². The Morgan fingerprint density at radius 2 is 1.29 bits per heavy atom. The molecule has 0 heteroatoms. The molecule has 9 unspecified atom stereocenters. The maximum Gasteiger partial charge on any atom is -0.00851 e. The Morgan fingerprint density at radius 3 is 1.95 bits per heavy atom. The lowest BCUT2D eigenvalue weighted by atomic mass is 9.46. The van der Waals surface area contributed by atoms with E-state index >= 15 is 0 Å². The highest BCUT2D eigenvalue weighted by Gasteiger charge is 2.59. The zero-order chi connectivity index (χ0) is 42.7. The third-order valence-electron chi connectivity index (χ3n) is 16.3. The first-order valence-electron chi connectivity index (χ1n) is 26.8. The molecule has 0 nitrogen and oxygen atoms in total. The van der Waals surface area contributed by atoms with Crippen LogP contribution in [0.5, 0.6) is 0 Å². The van der Waals surface area contributed by atoms with Gasteiger partial charge in [0.05, 0.1) is 0 Å². The molecule has 0 N–H and O–H groups in total. The Bertz CT molecular complexity index is 1120. The van der Waals surface area contributed by atoms with Crippen molar-refractivity contribution in [2.24, 2.45) is 58.2 Å². The molecular weight excluding hydrogens is 697 g/mol. The molecule has 58 heavy (non-hydrogen) atoms. The molecular formula is C58H106. The first-order valence-corrected chi connectivity index (χ1v) is 26.8. The van der Waals surface area contributed by atoms with Crippen molar-refractivity contribution >= 4 is 0 Å². The Hall–Kier alpha value is -1.04. The van der Waals surface area contributed by atoms with Crippen LogP contribution in [-0.2, 0) is 0 Å². The zero-order valence-corrected chi connectivity index (χ0v) is 41.7. The monoisotopic (exact) mass is 803 g/mol. The Labute approximate surface area is 367 Å². The maximum absolute atomic E-state index is 2.81. The van der Waals surface area contributed by atoms with E-state index in [1.807, 2.05) is 19.4 Å². The highest BCUT2D eigenvalue weighted by molar-refractivity contribution is 5.25. The van der Waals surface area contributed by atoms with Crippen molar-refractivity contribution in [3.05, 3.63) is 48.1 Å². The minimum atomic E-state index is 0.520. The Kier molecular flexibility index (Phi) is 28.3. The van der Waals surface area contributed by atoms with E-state index in [-0.39, 0.29) is 0 Å². The number of fused-ring (bicyclic) bond motifs is 5. The summed E-state index contributed by atoms with van der Waals surface area (Å²) >= 11 is 0. The molecule has 4 rings (SSSR count). The van der Waals surface area contributed by atoms with Crippen LogP contribution in [0.1, 0.15) is 262 Å². The van der Waals surface area contributed by atoms with E-state index in [1.54, 1.807) is 0 Å². The molecule has 0 saturated heterocycles. The van der Waals surface area contributed by atoms with Crippen LogP contribution in [0.15, 0.2) is 48.1 Å². The third-order valence-corrected chi connectivity index (χ3v) is 16.3. The topological polar surface area (TPSA) is 0 Å². The number of unbranched alkanes of at least 4 members (excludes halogenated alkanes) is 10. The smallest absolute Gasteiger partial charge is 0.00851 e. The molecule has 0 heterocycles. The second-order valence-electron chi connectivity index (χ2n) is 20.9. The van der Waals surface area contributed by atoms with Crippen LogP contribution in [0.3, 0.4) is 0 Å². The summed E-state index contributed by atoms with van der Waals surface area (Å²) in [5.41, 5.74) is 3.04. The highest BCUT2D eigenvalue weighted by Crippen LogP contribution is 2.67. The number of hydrogen-bond donors (Lipinski definition) is 0. The van der Waals surface area contributed by atoms with E-state index in [0.717, 1.165) is 53.8 Å². The molecule has 0 amide bonds. The normalized spacial score (nSPS) is 29.0. The second kappa shape index (κ2) is 30.9. The van der Waals surface area contributed by atoms with Crippen molar-refractivity contribution in [1.82, 2.24) is 0 Å². The number of rotatable bonds is 26. The zero-order valence-electron chi connectivity index (χ0n) is 41.7. The Morgan fingerprint density at radius 1 is 0.638 bits per heavy atom. The number of hydrogen-bond acceptors (Lipinski definition) is 0. The lowest BCUT2D eigenvalue weighted by Crippen LogP contribution is -2.50. The van der Waals surface area contributed by atoms with Crippen molar-refractivity contribution in [2.75, 3.05) is 0 Å². The van der Waals surface area contributed by atoms with E-state index in [4.69, 9.17) is 0 Å². The van der Waals surface area contributed by atoms with Crippen LogP contribution < -0.4 is 0 Å². The van der Waals surface area contributed by atoms with Crippen LogP contribution in [0.25, 0.3) is 0 Å². The van der Waals surface area contributed by atoms with Crippen molar-refractivity contribution in [1.29, 1.82) is 0 Å². The van der Waals surface area contributed by atoms with Gasteiger partial charge in [0.2, 0.25) is 0 Å². The predicted octanol–water partition coefficient (Wildman–Crippen LogP) is 20.0. The largest absolute Gasteiger partial charge is 0.0882 e. The van der Waals surface area contributed by atoms with Gasteiger partial charge in [-0.15, -0.1) is 0 Å². The average Bonchev–Trinajstić information content (AvgIpc) is 3.58. The molecule has 0 aliphatic heterocycles. The minimum Gasteiger partial charge on any atom is -0.0882 e. The molecule has 4 aliphatic carbocycles. The summed E-state index contributed by atoms with van der Waals surface area (Å²) in [6.45, 7) is 26.1. The van der Waals surface area contributed by atoms with Crippen LogP contribution in [0.4, 0.5) is 0 Å². The summed E-state index contributed by atoms with van der Waals surface area (Å²) in [5.74, 6) is 7.47. The van der Waals surface area contributed by atoms with Gasteiger partial charge in [0.15, 0.2) is 0 Å². The molecule has 3 fully saturated rings. The van der Waals surface area contributed by atoms with Gasteiger partial charge in [-0.25, -0.2) is 0 Å². The molecule has 0 bridgehead atoms. The summed E-state index contributed by atoms with van der Waals surface area (Å²) in [6, 6.07) is 0. The van der Waals surface area contributed by atoms with E-state index in [9.17, 15) is 0 Å². The quantitative estimate of drug-likeness (QED) is 0.0604. The molecule has 0 radical (unpaired) electrons. The molecule has 0 aromatic rings. The van der Waals surface area contributed by atoms with Gasteiger partial charge in [0, 0.05) is 0 Å². The van der Waals surface area contributed by atoms with Crippen molar-refractivity contribution in [2.45, 2.75) is 262 Å². The molecule has 338 valence electrons. The van der Waals surface area contributed by atoms with Gasteiger partial charge < -0.3 is 0 Å². The van der Waals surface area contributed by atoms with Gasteiger partial charge in [0.25, 0.3) is 0 Å². The fourth-order valence-electron chi connectivity index (χ4n) is 12.7. The van der Waals surface area contributed by atoms with Gasteiger partial charge in [-0.3, -0.25) is 0 Å². The molecule has 0 spiro atoms. The van der Waals surface area contributed by atoms with Crippen LogP contribution >= 0.6 is 0 Å². The van der Waals surface area contributed by atoms with E-state index in [1.165, 1.54) is 180 Å². The lowest BCUT2D eigenvalue weighted by molar-refractivity contribution is -0.0529. The van der Waals surface area contributed by atoms with Gasteiger partial charge in [-0.05, 0) is 167 Å². The van der Waals surface area contributed by atoms with Gasteiger partial charge >= 0.3 is 0 Å². The lowest BCUT2D eigenvalue weighted by Gasteiger charge is -2.58. The van der Waals surface area contributed by atoms with Crippen LogP contribution in [0, 0.1) is 58.2 Å². The maximum atomic E-state index is 2.81. The van der Waals surface area contributed by atoms with Crippen molar-refractivity contribution in [3.63, 3.8) is 0 Å². The highest BCUT2D eigenvalue weighted by atomic mass is 14.6. The number of allylic oxidation sites excluding steroid dienone is 8. The van der Waals surface area contributed by atoms with Crippen molar-refractivity contribution in [3.8, 4) is 0 Å². The summed E-state index contributed by atoms with van der Waals surface area (Å²) in [6.07, 6.45) is 57.7. The molecule has 0 aromatic heterocycles. The minimum absolute atomic E-state index is 0.520. The predicted molar refractivity (Wildman–Crippen MR) is 265 cm³/mol. The van der Waals surface area contributed by atoms with Crippen LogP contribution in [-0.4, -0.2) is 0 Å². The van der Waals surface area contributed by atoms with Gasteiger partial charge in [-0.1, -0.05) is 201 Å². The first kappa shape index (κ1) is 53.1. The fourth-order valence-corrected chi connectivity index (χ4v) is 12.7. The van der Waals surface area contributed by atoms with E-state index in [2.05, 4.69) is 105 Å². The van der Waals surface area contributed by atoms with Gasteiger partial charge in [0.1, 0.15) is 0 Å². The van der Waals surface area contributed by atoms with E-state index in [0.29, 0.717) is 10.8 Å². The second-order valence-corrected chi connectivity index (χ2v) is 20.9. The van der Waals surface area contributed by atoms with E-state index < -0.39 is 0 Å². The standard InChI is InChI=1S/C37H64.C19H36.C2H6/c1-8-13-29(9-2)16-10-11-17-30-22-24-36(6)31(26-30)18-19-32-34-21-20-33(28(5)15-12-14-27(3)4)37(34,7)25-23-35(32)36;1-3-5-7-9-11-13-15-17-19-18-16-14-12-10-8-6-4-2;1-2/h10,16,18,27-30,32-35H,8-9,11-15,17,19-26H2,1-7H3;11,13,17,19H,3-10,12,14-16,18H2,1-2H3;1-2H3/b16-10+;13-11-,19-17-;. The molecule has 3 saturated carbocycles. The SMILES string of the molecule is CC.CCCC(/C=C/CCC1CCC2(C)C(=CCC3C2CCC2(C)C(C(C)CCCC(C)C)CCC32)C1)CC.CCCCC/C=C\C/C=C\CCCCCCCCC. The Balaban J connectivity index is 0.000000469. The molecule has 0 aromatic carbocycles. The summed E-state index contributed by atoms with van der Waals surface area (Å²) < 4.78 is 0. The summed E-state index contributed by atoms with van der Waals surface area (Å²) in [5, 5.41) is 0. The summed E-state index contributed by atoms with van der Waals surface area (Å²) in [4.78, 5) is 0. The summed E-state index contributed by atoms with van der Waals surface area (Å²) in [7, 11) is 0.